The van der Waals surface area contributed by atoms with Gasteiger partial charge in [0.1, 0.15) is 5.82 Å². The Morgan fingerprint density at radius 3 is 2.26 bits per heavy atom. The van der Waals surface area contributed by atoms with Gasteiger partial charge in [-0.15, -0.1) is 0 Å². The number of benzene rings is 2. The van der Waals surface area contributed by atoms with Crippen molar-refractivity contribution in [1.82, 2.24) is 5.32 Å². The van der Waals surface area contributed by atoms with Gasteiger partial charge in [0.2, 0.25) is 0 Å². The van der Waals surface area contributed by atoms with Gasteiger partial charge in [0.25, 0.3) is 0 Å². The molecule has 0 unspecified atom stereocenters. The summed E-state index contributed by atoms with van der Waals surface area (Å²) in [5.41, 5.74) is 2.18. The zero-order valence-corrected chi connectivity index (χ0v) is 13.8. The fourth-order valence-electron chi connectivity index (χ4n) is 2.22. The quantitative estimate of drug-likeness (QED) is 0.748. The van der Waals surface area contributed by atoms with Crippen molar-refractivity contribution in [1.29, 1.82) is 0 Å². The second-order valence-electron chi connectivity index (χ2n) is 5.29. The second-order valence-corrected chi connectivity index (χ2v) is 5.29. The number of hydrogen-bond donors (Lipinski definition) is 1. The van der Waals surface area contributed by atoms with Crippen LogP contribution in [0.4, 0.5) is 4.39 Å². The highest BCUT2D eigenvalue weighted by atomic mass is 19.1. The van der Waals surface area contributed by atoms with E-state index in [-0.39, 0.29) is 5.82 Å². The van der Waals surface area contributed by atoms with Crippen molar-refractivity contribution in [2.45, 2.75) is 33.4 Å². The Labute approximate surface area is 137 Å². The van der Waals surface area contributed by atoms with Gasteiger partial charge in [-0.1, -0.05) is 25.1 Å². The largest absolute Gasteiger partial charge is 0.490 e. The van der Waals surface area contributed by atoms with E-state index in [4.69, 9.17) is 9.47 Å². The third-order valence-electron chi connectivity index (χ3n) is 3.34. The smallest absolute Gasteiger partial charge is 0.161 e. The number of ether oxygens (including phenoxy) is 2. The van der Waals surface area contributed by atoms with Crippen molar-refractivity contribution in [3.63, 3.8) is 0 Å². The molecule has 2 rings (SSSR count). The first-order valence-electron chi connectivity index (χ1n) is 8.06. The van der Waals surface area contributed by atoms with Gasteiger partial charge >= 0.3 is 0 Å². The van der Waals surface area contributed by atoms with Gasteiger partial charge in [-0.05, 0) is 48.7 Å². The Kier molecular flexibility index (Phi) is 6.88. The van der Waals surface area contributed by atoms with E-state index in [0.717, 1.165) is 29.0 Å². The molecule has 23 heavy (non-hydrogen) atoms. The molecular weight excluding hydrogens is 293 g/mol. The van der Waals surface area contributed by atoms with E-state index >= 15 is 0 Å². The summed E-state index contributed by atoms with van der Waals surface area (Å²) in [6.07, 6.45) is 0.965. The lowest BCUT2D eigenvalue weighted by Crippen LogP contribution is -2.13. The molecule has 0 spiro atoms. The molecule has 0 radical (unpaired) electrons. The minimum Gasteiger partial charge on any atom is -0.490 e. The van der Waals surface area contributed by atoms with Gasteiger partial charge in [-0.3, -0.25) is 0 Å². The van der Waals surface area contributed by atoms with Gasteiger partial charge in [0.15, 0.2) is 11.5 Å². The molecule has 0 fully saturated rings. The topological polar surface area (TPSA) is 30.5 Å². The first-order chi connectivity index (χ1) is 11.2. The van der Waals surface area contributed by atoms with Crippen LogP contribution in [0.2, 0.25) is 0 Å². The minimum atomic E-state index is -0.210. The molecule has 0 aliphatic rings. The van der Waals surface area contributed by atoms with E-state index in [9.17, 15) is 4.39 Å². The number of rotatable bonds is 9. The van der Waals surface area contributed by atoms with Crippen LogP contribution in [-0.4, -0.2) is 13.2 Å². The third-order valence-corrected chi connectivity index (χ3v) is 3.34. The Balaban J connectivity index is 1.93. The molecule has 2 aromatic rings. The van der Waals surface area contributed by atoms with Gasteiger partial charge in [0, 0.05) is 13.1 Å². The summed E-state index contributed by atoms with van der Waals surface area (Å²) >= 11 is 0. The van der Waals surface area contributed by atoms with Crippen molar-refractivity contribution in [2.24, 2.45) is 0 Å². The first-order valence-corrected chi connectivity index (χ1v) is 8.06. The summed E-state index contributed by atoms with van der Waals surface area (Å²) in [4.78, 5) is 0. The molecule has 0 saturated heterocycles. The average molecular weight is 317 g/mol. The van der Waals surface area contributed by atoms with Crippen molar-refractivity contribution in [3.8, 4) is 11.5 Å². The molecule has 1 N–H and O–H groups in total. The molecule has 0 heterocycles. The highest BCUT2D eigenvalue weighted by Crippen LogP contribution is 2.28. The Morgan fingerprint density at radius 2 is 1.57 bits per heavy atom. The zero-order valence-electron chi connectivity index (χ0n) is 13.8. The standard InChI is InChI=1S/C19H24FNO2/c1-3-11-23-18-10-7-16(12-19(18)22-4-2)14-21-13-15-5-8-17(20)9-6-15/h5-10,12,21H,3-4,11,13-14H2,1-2H3. The van der Waals surface area contributed by atoms with Gasteiger partial charge in [-0.2, -0.15) is 0 Å². The van der Waals surface area contributed by atoms with E-state index in [2.05, 4.69) is 12.2 Å². The minimum absolute atomic E-state index is 0.210. The van der Waals surface area contributed by atoms with Gasteiger partial charge in [-0.25, -0.2) is 4.39 Å². The highest BCUT2D eigenvalue weighted by Gasteiger charge is 2.06. The maximum Gasteiger partial charge on any atom is 0.161 e. The SMILES string of the molecule is CCCOc1ccc(CNCc2ccc(F)cc2)cc1OCC. The van der Waals surface area contributed by atoms with Crippen LogP contribution in [-0.2, 0) is 13.1 Å². The Morgan fingerprint density at radius 1 is 0.870 bits per heavy atom. The van der Waals surface area contributed by atoms with Crippen LogP contribution in [0.25, 0.3) is 0 Å². The van der Waals surface area contributed by atoms with Crippen LogP contribution in [0.3, 0.4) is 0 Å². The van der Waals surface area contributed by atoms with E-state index in [1.807, 2.05) is 25.1 Å². The maximum atomic E-state index is 12.9. The van der Waals surface area contributed by atoms with Crippen LogP contribution >= 0.6 is 0 Å². The lowest BCUT2D eigenvalue weighted by Gasteiger charge is -2.13. The molecule has 3 nitrogen and oxygen atoms in total. The number of hydrogen-bond acceptors (Lipinski definition) is 3. The van der Waals surface area contributed by atoms with E-state index in [0.29, 0.717) is 26.3 Å². The van der Waals surface area contributed by atoms with Crippen molar-refractivity contribution >= 4 is 0 Å². The summed E-state index contributed by atoms with van der Waals surface area (Å²) in [7, 11) is 0. The second kappa shape index (κ2) is 9.16. The van der Waals surface area contributed by atoms with Gasteiger partial charge < -0.3 is 14.8 Å². The molecule has 0 aliphatic carbocycles. The molecule has 0 bridgehead atoms. The van der Waals surface area contributed by atoms with E-state index < -0.39 is 0 Å². The highest BCUT2D eigenvalue weighted by molar-refractivity contribution is 5.43. The fraction of sp³-hybridized carbons (Fsp3) is 0.368. The molecule has 124 valence electrons. The summed E-state index contributed by atoms with van der Waals surface area (Å²) in [5, 5.41) is 3.35. The molecule has 2 aromatic carbocycles. The lowest BCUT2D eigenvalue weighted by atomic mass is 10.2. The molecule has 0 atom stereocenters. The van der Waals surface area contributed by atoms with Crippen LogP contribution in [0, 0.1) is 5.82 Å². The summed E-state index contributed by atoms with van der Waals surface area (Å²) in [5.74, 6) is 1.36. The monoisotopic (exact) mass is 317 g/mol. The maximum absolute atomic E-state index is 12.9. The summed E-state index contributed by atoms with van der Waals surface area (Å²) < 4.78 is 24.2. The molecule has 0 aliphatic heterocycles. The fourth-order valence-corrected chi connectivity index (χ4v) is 2.22. The van der Waals surface area contributed by atoms with Crippen LogP contribution in [0.15, 0.2) is 42.5 Å². The predicted octanol–water partition coefficient (Wildman–Crippen LogP) is 4.30. The first kappa shape index (κ1) is 17.3. The molecule has 0 amide bonds. The van der Waals surface area contributed by atoms with E-state index in [1.165, 1.54) is 12.1 Å². The summed E-state index contributed by atoms with van der Waals surface area (Å²) in [6.45, 7) is 6.73. The Bertz CT molecular complexity index is 599. The predicted molar refractivity (Wildman–Crippen MR) is 90.3 cm³/mol. The van der Waals surface area contributed by atoms with Gasteiger partial charge in [0.05, 0.1) is 13.2 Å². The third kappa shape index (κ3) is 5.57. The Hall–Kier alpha value is -2.07. The number of halogens is 1. The summed E-state index contributed by atoms with van der Waals surface area (Å²) in [6, 6.07) is 12.5. The molecular formula is C19H24FNO2. The molecule has 0 saturated carbocycles. The van der Waals surface area contributed by atoms with E-state index in [1.54, 1.807) is 12.1 Å². The molecule has 4 heteroatoms. The van der Waals surface area contributed by atoms with Crippen molar-refractivity contribution in [3.05, 3.63) is 59.4 Å². The van der Waals surface area contributed by atoms with Crippen LogP contribution < -0.4 is 14.8 Å². The van der Waals surface area contributed by atoms with Crippen LogP contribution in [0.5, 0.6) is 11.5 Å². The molecule has 0 aromatic heterocycles. The van der Waals surface area contributed by atoms with Crippen molar-refractivity contribution in [2.75, 3.05) is 13.2 Å². The zero-order chi connectivity index (χ0) is 16.5. The van der Waals surface area contributed by atoms with Crippen molar-refractivity contribution < 1.29 is 13.9 Å². The normalized spacial score (nSPS) is 10.6. The average Bonchev–Trinajstić information content (AvgIpc) is 2.56. The number of nitrogens with one attached hydrogen (secondary N) is 1. The van der Waals surface area contributed by atoms with Crippen LogP contribution in [0.1, 0.15) is 31.4 Å². The lowest BCUT2D eigenvalue weighted by molar-refractivity contribution is 0.276.